The molecule has 9 heteroatoms. The number of benzene rings is 1. The molecule has 2 N–H and O–H groups in total. The van der Waals surface area contributed by atoms with Crippen LogP contribution in [0.3, 0.4) is 0 Å². The van der Waals surface area contributed by atoms with Gasteiger partial charge in [-0.2, -0.15) is 0 Å². The second-order valence-electron chi connectivity index (χ2n) is 5.71. The molecule has 3 rings (SSSR count). The van der Waals surface area contributed by atoms with Gasteiger partial charge in [0.05, 0.1) is 4.90 Å². The number of anilines is 2. The molecule has 1 aliphatic heterocycles. The van der Waals surface area contributed by atoms with Crippen LogP contribution in [0.2, 0.25) is 0 Å². The molecule has 2 aromatic rings. The van der Waals surface area contributed by atoms with Crippen molar-refractivity contribution in [3.8, 4) is 0 Å². The third-order valence-corrected chi connectivity index (χ3v) is 6.41. The van der Waals surface area contributed by atoms with Gasteiger partial charge in [-0.25, -0.2) is 23.1 Å². The van der Waals surface area contributed by atoms with E-state index in [1.54, 1.807) is 24.3 Å². The lowest BCUT2D eigenvalue weighted by Gasteiger charge is -2.16. The highest BCUT2D eigenvalue weighted by Crippen LogP contribution is 2.21. The highest BCUT2D eigenvalue weighted by atomic mass is 79.9. The first-order valence-corrected chi connectivity index (χ1v) is 10.4. The average Bonchev–Trinajstić information content (AvgIpc) is 3.14. The van der Waals surface area contributed by atoms with E-state index in [1.807, 2.05) is 6.07 Å². The molecule has 2 heterocycles. The van der Waals surface area contributed by atoms with Gasteiger partial charge in [0.1, 0.15) is 18.0 Å². The van der Waals surface area contributed by atoms with Crippen LogP contribution in [0, 0.1) is 0 Å². The number of hydrogen-bond donors (Lipinski definition) is 2. The van der Waals surface area contributed by atoms with Gasteiger partial charge in [0.25, 0.3) is 0 Å². The van der Waals surface area contributed by atoms with Crippen molar-refractivity contribution in [2.24, 2.45) is 0 Å². The zero-order chi connectivity index (χ0) is 17.7. The fourth-order valence-corrected chi connectivity index (χ4v) is 4.71. The van der Waals surface area contributed by atoms with Crippen LogP contribution in [0.25, 0.3) is 0 Å². The Balaban J connectivity index is 1.53. The molecule has 0 unspecified atom stereocenters. The predicted octanol–water partition coefficient (Wildman–Crippen LogP) is 2.23. The first-order chi connectivity index (χ1) is 12.1. The van der Waals surface area contributed by atoms with Crippen LogP contribution in [-0.4, -0.2) is 44.6 Å². The Labute approximate surface area is 156 Å². The summed E-state index contributed by atoms with van der Waals surface area (Å²) in [5.41, 5.74) is 0. The summed E-state index contributed by atoms with van der Waals surface area (Å²) in [6.45, 7) is 2.72. The fourth-order valence-electron chi connectivity index (χ4n) is 2.68. The van der Waals surface area contributed by atoms with E-state index in [2.05, 4.69) is 40.8 Å². The Kier molecular flexibility index (Phi) is 5.87. The Morgan fingerprint density at radius 2 is 1.88 bits per heavy atom. The number of halogens is 1. The number of aromatic nitrogens is 2. The lowest BCUT2D eigenvalue weighted by Crippen LogP contribution is -2.29. The maximum Gasteiger partial charge on any atom is 0.241 e. The maximum atomic E-state index is 12.3. The quantitative estimate of drug-likeness (QED) is 0.661. The van der Waals surface area contributed by atoms with Gasteiger partial charge in [0, 0.05) is 36.7 Å². The van der Waals surface area contributed by atoms with Crippen molar-refractivity contribution in [1.29, 1.82) is 0 Å². The molecule has 1 aromatic heterocycles. The molecule has 1 aliphatic rings. The molecule has 0 atom stereocenters. The van der Waals surface area contributed by atoms with Crippen LogP contribution in [0.5, 0.6) is 0 Å². The molecule has 7 nitrogen and oxygen atoms in total. The van der Waals surface area contributed by atoms with Gasteiger partial charge in [-0.1, -0.05) is 12.1 Å². The molecular weight excluding hydrogens is 406 g/mol. The molecule has 1 aromatic carbocycles. The largest absolute Gasteiger partial charge is 0.369 e. The van der Waals surface area contributed by atoms with Gasteiger partial charge in [-0.05, 0) is 40.9 Å². The maximum absolute atomic E-state index is 12.3. The Hall–Kier alpha value is -1.71. The van der Waals surface area contributed by atoms with Gasteiger partial charge >= 0.3 is 0 Å². The van der Waals surface area contributed by atoms with Gasteiger partial charge < -0.3 is 10.2 Å². The lowest BCUT2D eigenvalue weighted by molar-refractivity contribution is 0.582. The molecule has 1 fully saturated rings. The van der Waals surface area contributed by atoms with Crippen LogP contribution in [0.4, 0.5) is 11.6 Å². The molecule has 25 heavy (non-hydrogen) atoms. The van der Waals surface area contributed by atoms with Crippen molar-refractivity contribution in [1.82, 2.24) is 14.7 Å². The third kappa shape index (κ3) is 4.68. The summed E-state index contributed by atoms with van der Waals surface area (Å²) in [6.07, 6.45) is 3.90. The van der Waals surface area contributed by atoms with Crippen molar-refractivity contribution in [2.45, 2.75) is 17.7 Å². The van der Waals surface area contributed by atoms with Crippen LogP contribution < -0.4 is 14.9 Å². The van der Waals surface area contributed by atoms with Gasteiger partial charge in [-0.3, -0.25) is 0 Å². The summed E-state index contributed by atoms with van der Waals surface area (Å²) in [5.74, 6) is 1.60. The summed E-state index contributed by atoms with van der Waals surface area (Å²) < 4.78 is 27.7. The lowest BCUT2D eigenvalue weighted by atomic mass is 10.4. The van der Waals surface area contributed by atoms with Crippen LogP contribution >= 0.6 is 15.9 Å². The normalized spacial score (nSPS) is 14.7. The summed E-state index contributed by atoms with van der Waals surface area (Å²) in [4.78, 5) is 10.9. The minimum Gasteiger partial charge on any atom is -0.369 e. The van der Waals surface area contributed by atoms with Crippen LogP contribution in [0.1, 0.15) is 12.8 Å². The number of rotatable bonds is 7. The smallest absolute Gasteiger partial charge is 0.241 e. The van der Waals surface area contributed by atoms with Crippen molar-refractivity contribution in [3.63, 3.8) is 0 Å². The van der Waals surface area contributed by atoms with Crippen molar-refractivity contribution >= 4 is 37.6 Å². The third-order valence-electron chi connectivity index (χ3n) is 3.93. The topological polar surface area (TPSA) is 87.2 Å². The molecule has 0 saturated carbocycles. The highest BCUT2D eigenvalue weighted by molar-refractivity contribution is 9.10. The molecule has 0 amide bonds. The van der Waals surface area contributed by atoms with Crippen LogP contribution in [-0.2, 0) is 10.0 Å². The molecule has 0 aliphatic carbocycles. The SMILES string of the molecule is O=S(=O)(NCCNc1cc(N2CCCC2)ncn1)c1ccccc1Br. The standard InChI is InChI=1S/C16H20BrN5O2S/c17-13-5-1-2-6-14(13)25(23,24)21-8-7-18-15-11-16(20-12-19-15)22-9-3-4-10-22/h1-2,5-6,11-12,21H,3-4,7-10H2,(H,18,19,20). The Morgan fingerprint density at radius 3 is 2.64 bits per heavy atom. The minimum absolute atomic E-state index is 0.230. The molecule has 1 saturated heterocycles. The zero-order valence-corrected chi connectivity index (χ0v) is 16.1. The van der Waals surface area contributed by atoms with E-state index in [4.69, 9.17) is 0 Å². The Morgan fingerprint density at radius 1 is 1.12 bits per heavy atom. The van der Waals surface area contributed by atoms with E-state index < -0.39 is 10.0 Å². The average molecular weight is 426 g/mol. The number of nitrogens with one attached hydrogen (secondary N) is 2. The van der Waals surface area contributed by atoms with Gasteiger partial charge in [-0.15, -0.1) is 0 Å². The molecular formula is C16H20BrN5O2S. The van der Waals surface area contributed by atoms with Crippen molar-refractivity contribution in [3.05, 3.63) is 41.1 Å². The second-order valence-corrected chi connectivity index (χ2v) is 8.30. The Bertz CT molecular complexity index is 825. The molecule has 0 spiro atoms. The molecule has 0 radical (unpaired) electrons. The van der Waals surface area contributed by atoms with E-state index in [-0.39, 0.29) is 11.4 Å². The van der Waals surface area contributed by atoms with Crippen LogP contribution in [0.15, 0.2) is 46.0 Å². The summed E-state index contributed by atoms with van der Waals surface area (Å²) >= 11 is 3.26. The van der Waals surface area contributed by atoms with E-state index >= 15 is 0 Å². The van der Waals surface area contributed by atoms with E-state index in [9.17, 15) is 8.42 Å². The monoisotopic (exact) mass is 425 g/mol. The molecule has 0 bridgehead atoms. The number of sulfonamides is 1. The summed E-state index contributed by atoms with van der Waals surface area (Å²) in [7, 11) is -3.54. The predicted molar refractivity (Wildman–Crippen MR) is 101 cm³/mol. The van der Waals surface area contributed by atoms with E-state index in [0.29, 0.717) is 16.8 Å². The van der Waals surface area contributed by atoms with Crippen molar-refractivity contribution in [2.75, 3.05) is 36.4 Å². The van der Waals surface area contributed by atoms with Crippen molar-refractivity contribution < 1.29 is 8.42 Å². The second kappa shape index (κ2) is 8.11. The zero-order valence-electron chi connectivity index (χ0n) is 13.7. The van der Waals surface area contributed by atoms with Gasteiger partial charge in [0.15, 0.2) is 0 Å². The molecule has 134 valence electrons. The number of nitrogens with zero attached hydrogens (tertiary/aromatic N) is 3. The summed E-state index contributed by atoms with van der Waals surface area (Å²) in [5, 5.41) is 3.13. The minimum atomic E-state index is -3.54. The number of hydrogen-bond acceptors (Lipinski definition) is 6. The van der Waals surface area contributed by atoms with E-state index in [1.165, 1.54) is 19.2 Å². The first kappa shape index (κ1) is 18.1. The first-order valence-electron chi connectivity index (χ1n) is 8.11. The van der Waals surface area contributed by atoms with E-state index in [0.717, 1.165) is 18.9 Å². The highest BCUT2D eigenvalue weighted by Gasteiger charge is 2.16. The summed E-state index contributed by atoms with van der Waals surface area (Å²) in [6, 6.07) is 8.63. The van der Waals surface area contributed by atoms with Gasteiger partial charge in [0.2, 0.25) is 10.0 Å². The fraction of sp³-hybridized carbons (Fsp3) is 0.375.